The maximum atomic E-state index is 6.05. The Morgan fingerprint density at radius 3 is 2.25 bits per heavy atom. The summed E-state index contributed by atoms with van der Waals surface area (Å²) in [5.41, 5.74) is 0.143. The Balaban J connectivity index is 0.00000128. The van der Waals surface area contributed by atoms with E-state index in [9.17, 15) is 0 Å². The molecule has 0 saturated carbocycles. The van der Waals surface area contributed by atoms with E-state index < -0.39 is 0 Å². The van der Waals surface area contributed by atoms with Crippen molar-refractivity contribution in [3.05, 3.63) is 0 Å². The van der Waals surface area contributed by atoms with Crippen molar-refractivity contribution in [2.24, 2.45) is 11.3 Å². The van der Waals surface area contributed by atoms with Gasteiger partial charge in [-0.1, -0.05) is 13.8 Å². The standard InChI is InChI=1S/C12H23NO2.ClH/c1-11(2)8-13-12(3,15-9-11)10-4-6-14-7-5-10;/h10,13H,4-9H2,1-3H3;1H. The van der Waals surface area contributed by atoms with Crippen molar-refractivity contribution in [1.82, 2.24) is 5.32 Å². The van der Waals surface area contributed by atoms with E-state index in [-0.39, 0.29) is 23.5 Å². The van der Waals surface area contributed by atoms with Crippen LogP contribution in [0, 0.1) is 11.3 Å². The van der Waals surface area contributed by atoms with E-state index in [2.05, 4.69) is 26.1 Å². The maximum absolute atomic E-state index is 6.05. The van der Waals surface area contributed by atoms with Crippen molar-refractivity contribution in [1.29, 1.82) is 0 Å². The molecule has 0 amide bonds. The van der Waals surface area contributed by atoms with Gasteiger partial charge in [0.1, 0.15) is 5.72 Å². The van der Waals surface area contributed by atoms with E-state index in [4.69, 9.17) is 9.47 Å². The summed E-state index contributed by atoms with van der Waals surface area (Å²) in [4.78, 5) is 0. The molecule has 2 fully saturated rings. The summed E-state index contributed by atoms with van der Waals surface area (Å²) in [6.07, 6.45) is 2.23. The highest BCUT2D eigenvalue weighted by Crippen LogP contribution is 2.33. The molecule has 96 valence electrons. The van der Waals surface area contributed by atoms with E-state index in [0.717, 1.165) is 39.2 Å². The maximum Gasteiger partial charge on any atom is 0.119 e. The predicted molar refractivity (Wildman–Crippen MR) is 66.9 cm³/mol. The quantitative estimate of drug-likeness (QED) is 0.773. The molecule has 0 aromatic carbocycles. The Morgan fingerprint density at radius 2 is 1.75 bits per heavy atom. The van der Waals surface area contributed by atoms with Crippen molar-refractivity contribution in [2.45, 2.75) is 39.3 Å². The molecule has 2 saturated heterocycles. The SMILES string of the molecule is CC1(C)CNC(C)(C2CCOCC2)OC1.Cl. The first-order valence-corrected chi connectivity index (χ1v) is 5.99. The average Bonchev–Trinajstić information content (AvgIpc) is 2.24. The fourth-order valence-electron chi connectivity index (χ4n) is 2.37. The molecule has 0 spiro atoms. The summed E-state index contributed by atoms with van der Waals surface area (Å²) in [6, 6.07) is 0. The van der Waals surface area contributed by atoms with Crippen LogP contribution in [0.25, 0.3) is 0 Å². The van der Waals surface area contributed by atoms with Crippen LogP contribution < -0.4 is 5.32 Å². The molecule has 1 N–H and O–H groups in total. The highest BCUT2D eigenvalue weighted by atomic mass is 35.5. The second-order valence-corrected chi connectivity index (χ2v) is 5.80. The van der Waals surface area contributed by atoms with Crippen LogP contribution in [0.5, 0.6) is 0 Å². The smallest absolute Gasteiger partial charge is 0.119 e. The van der Waals surface area contributed by atoms with Crippen LogP contribution in [0.1, 0.15) is 33.6 Å². The highest BCUT2D eigenvalue weighted by Gasteiger charge is 2.41. The zero-order valence-corrected chi connectivity index (χ0v) is 11.4. The van der Waals surface area contributed by atoms with E-state index in [0.29, 0.717) is 5.92 Å². The minimum absolute atomic E-state index is 0. The molecule has 16 heavy (non-hydrogen) atoms. The lowest BCUT2D eigenvalue weighted by molar-refractivity contribution is -0.171. The first-order chi connectivity index (χ1) is 7.02. The Kier molecular flexibility index (Phi) is 4.64. The van der Waals surface area contributed by atoms with Crippen LogP contribution in [0.15, 0.2) is 0 Å². The lowest BCUT2D eigenvalue weighted by atomic mass is 9.85. The van der Waals surface area contributed by atoms with Gasteiger partial charge < -0.3 is 9.47 Å². The first kappa shape index (κ1) is 14.2. The zero-order chi connectivity index (χ0) is 10.9. The fourth-order valence-corrected chi connectivity index (χ4v) is 2.37. The Bertz CT molecular complexity index is 217. The number of nitrogens with one attached hydrogen (secondary N) is 1. The molecule has 1 atom stereocenters. The third kappa shape index (κ3) is 3.10. The van der Waals surface area contributed by atoms with Crippen molar-refractivity contribution in [3.63, 3.8) is 0 Å². The second kappa shape index (κ2) is 5.21. The summed E-state index contributed by atoms with van der Waals surface area (Å²) in [5, 5.41) is 3.58. The summed E-state index contributed by atoms with van der Waals surface area (Å²) >= 11 is 0. The van der Waals surface area contributed by atoms with Gasteiger partial charge >= 0.3 is 0 Å². The Labute approximate surface area is 105 Å². The number of ether oxygens (including phenoxy) is 2. The van der Waals surface area contributed by atoms with Gasteiger partial charge in [0.15, 0.2) is 0 Å². The second-order valence-electron chi connectivity index (χ2n) is 5.80. The predicted octanol–water partition coefficient (Wildman–Crippen LogP) is 2.20. The number of halogens is 1. The molecule has 0 aliphatic carbocycles. The monoisotopic (exact) mass is 249 g/mol. The summed E-state index contributed by atoms with van der Waals surface area (Å²) in [6.45, 7) is 10.3. The average molecular weight is 250 g/mol. The molecule has 4 heteroatoms. The number of rotatable bonds is 1. The van der Waals surface area contributed by atoms with Crippen LogP contribution in [0.2, 0.25) is 0 Å². The summed E-state index contributed by atoms with van der Waals surface area (Å²) in [5.74, 6) is 0.599. The van der Waals surface area contributed by atoms with Crippen molar-refractivity contribution in [2.75, 3.05) is 26.4 Å². The highest BCUT2D eigenvalue weighted by molar-refractivity contribution is 5.85. The molecule has 2 heterocycles. The van der Waals surface area contributed by atoms with E-state index in [1.165, 1.54) is 0 Å². The summed E-state index contributed by atoms with van der Waals surface area (Å²) < 4.78 is 11.4. The van der Waals surface area contributed by atoms with Crippen LogP contribution in [0.4, 0.5) is 0 Å². The van der Waals surface area contributed by atoms with Gasteiger partial charge in [-0.2, -0.15) is 0 Å². The van der Waals surface area contributed by atoms with Crippen LogP contribution in [0.3, 0.4) is 0 Å². The summed E-state index contributed by atoms with van der Waals surface area (Å²) in [7, 11) is 0. The molecule has 0 radical (unpaired) electrons. The molecule has 0 bridgehead atoms. The molecular weight excluding hydrogens is 226 g/mol. The van der Waals surface area contributed by atoms with Crippen molar-refractivity contribution >= 4 is 12.4 Å². The minimum atomic E-state index is -0.126. The zero-order valence-electron chi connectivity index (χ0n) is 10.5. The van der Waals surface area contributed by atoms with Gasteiger partial charge in [0.25, 0.3) is 0 Å². The normalized spacial score (nSPS) is 35.4. The Hall–Kier alpha value is 0.170. The van der Waals surface area contributed by atoms with Gasteiger partial charge in [-0.15, -0.1) is 12.4 Å². The molecule has 1 unspecified atom stereocenters. The van der Waals surface area contributed by atoms with E-state index >= 15 is 0 Å². The number of hydrogen-bond acceptors (Lipinski definition) is 3. The lowest BCUT2D eigenvalue weighted by Crippen LogP contribution is -2.60. The third-order valence-corrected chi connectivity index (χ3v) is 3.68. The van der Waals surface area contributed by atoms with E-state index in [1.807, 2.05) is 0 Å². The molecule has 2 aliphatic rings. The minimum Gasteiger partial charge on any atom is -0.381 e. The van der Waals surface area contributed by atoms with Crippen molar-refractivity contribution in [3.8, 4) is 0 Å². The topological polar surface area (TPSA) is 30.5 Å². The third-order valence-electron chi connectivity index (χ3n) is 3.68. The van der Waals surface area contributed by atoms with Gasteiger partial charge in [-0.25, -0.2) is 0 Å². The largest absolute Gasteiger partial charge is 0.381 e. The van der Waals surface area contributed by atoms with Gasteiger partial charge in [0, 0.05) is 31.1 Å². The molecular formula is C12H24ClNO2. The molecule has 0 aromatic heterocycles. The molecule has 0 aromatic rings. The number of hydrogen-bond donors (Lipinski definition) is 1. The van der Waals surface area contributed by atoms with Gasteiger partial charge in [0.2, 0.25) is 0 Å². The van der Waals surface area contributed by atoms with Gasteiger partial charge in [0.05, 0.1) is 6.61 Å². The Morgan fingerprint density at radius 1 is 1.12 bits per heavy atom. The fraction of sp³-hybridized carbons (Fsp3) is 1.00. The van der Waals surface area contributed by atoms with Crippen LogP contribution in [-0.2, 0) is 9.47 Å². The van der Waals surface area contributed by atoms with Gasteiger partial charge in [-0.05, 0) is 19.8 Å². The van der Waals surface area contributed by atoms with E-state index in [1.54, 1.807) is 0 Å². The van der Waals surface area contributed by atoms with Crippen LogP contribution in [-0.4, -0.2) is 32.1 Å². The van der Waals surface area contributed by atoms with Crippen molar-refractivity contribution < 1.29 is 9.47 Å². The van der Waals surface area contributed by atoms with Gasteiger partial charge in [-0.3, -0.25) is 5.32 Å². The molecule has 2 aliphatic heterocycles. The first-order valence-electron chi connectivity index (χ1n) is 5.99. The lowest BCUT2D eigenvalue weighted by Gasteiger charge is -2.47. The molecule has 2 rings (SSSR count). The molecule has 3 nitrogen and oxygen atoms in total. The van der Waals surface area contributed by atoms with Crippen LogP contribution >= 0.6 is 12.4 Å².